The summed E-state index contributed by atoms with van der Waals surface area (Å²) in [7, 11) is 0. The predicted molar refractivity (Wildman–Crippen MR) is 64.0 cm³/mol. The van der Waals surface area contributed by atoms with Crippen LogP contribution in [0.2, 0.25) is 0 Å². The molecule has 0 aromatic carbocycles. The van der Waals surface area contributed by atoms with E-state index >= 15 is 0 Å². The molecule has 1 N–H and O–H groups in total. The highest BCUT2D eigenvalue weighted by molar-refractivity contribution is 5.76. The first-order valence-corrected chi connectivity index (χ1v) is 6.35. The number of piperidine rings is 1. The molecule has 2 heterocycles. The molecule has 19 heavy (non-hydrogen) atoms. The molecule has 0 spiro atoms. The van der Waals surface area contributed by atoms with Crippen molar-refractivity contribution in [1.29, 1.82) is 0 Å². The molecule has 1 amide bonds. The summed E-state index contributed by atoms with van der Waals surface area (Å²) in [5.74, 6) is -0.521. The zero-order valence-corrected chi connectivity index (χ0v) is 10.6. The van der Waals surface area contributed by atoms with Crippen molar-refractivity contribution in [2.45, 2.75) is 32.2 Å². The van der Waals surface area contributed by atoms with Gasteiger partial charge in [-0.25, -0.2) is 4.68 Å². The van der Waals surface area contributed by atoms with E-state index in [0.29, 0.717) is 13.0 Å². The van der Waals surface area contributed by atoms with Crippen LogP contribution in [0.15, 0.2) is 6.33 Å². The van der Waals surface area contributed by atoms with E-state index in [-0.39, 0.29) is 24.8 Å². The lowest BCUT2D eigenvalue weighted by atomic mass is 9.93. The summed E-state index contributed by atoms with van der Waals surface area (Å²) in [6, 6.07) is 0. The van der Waals surface area contributed by atoms with E-state index in [1.807, 2.05) is 0 Å². The maximum Gasteiger partial charge on any atom is 0.303 e. The maximum absolute atomic E-state index is 12.0. The van der Waals surface area contributed by atoms with Gasteiger partial charge in [-0.15, -0.1) is 5.10 Å². The van der Waals surface area contributed by atoms with Crippen LogP contribution < -0.4 is 0 Å². The number of amides is 1. The number of rotatable bonds is 5. The Morgan fingerprint density at radius 2 is 2.26 bits per heavy atom. The Morgan fingerprint density at radius 1 is 1.42 bits per heavy atom. The van der Waals surface area contributed by atoms with Crippen LogP contribution in [0.5, 0.6) is 0 Å². The molecule has 104 valence electrons. The van der Waals surface area contributed by atoms with Crippen LogP contribution in [0, 0.1) is 5.92 Å². The molecule has 1 saturated heterocycles. The minimum absolute atomic E-state index is 0.0210. The Hall–Kier alpha value is -1.99. The molecular weight excluding hydrogens is 250 g/mol. The molecule has 1 fully saturated rings. The number of carboxylic acid groups (broad SMARTS) is 1. The third-order valence-electron chi connectivity index (χ3n) is 3.33. The van der Waals surface area contributed by atoms with E-state index in [9.17, 15) is 9.59 Å². The average molecular weight is 267 g/mol. The number of carboxylic acids is 1. The topological polar surface area (TPSA) is 101 Å². The predicted octanol–water partition coefficient (Wildman–Crippen LogP) is -0.224. The summed E-state index contributed by atoms with van der Waals surface area (Å²) < 4.78 is 1.39. The van der Waals surface area contributed by atoms with Crippen LogP contribution in [-0.4, -0.2) is 55.2 Å². The molecular formula is C11H17N5O3. The minimum Gasteiger partial charge on any atom is -0.481 e. The Kier molecular flexibility index (Phi) is 4.43. The fourth-order valence-corrected chi connectivity index (χ4v) is 2.35. The lowest BCUT2D eigenvalue weighted by Gasteiger charge is -2.32. The first-order chi connectivity index (χ1) is 9.15. The van der Waals surface area contributed by atoms with Crippen LogP contribution in [0.25, 0.3) is 0 Å². The monoisotopic (exact) mass is 267 g/mol. The van der Waals surface area contributed by atoms with Crippen LogP contribution in [-0.2, 0) is 16.1 Å². The van der Waals surface area contributed by atoms with Gasteiger partial charge in [0.15, 0.2) is 0 Å². The molecule has 1 aliphatic heterocycles. The minimum atomic E-state index is -0.780. The van der Waals surface area contributed by atoms with Gasteiger partial charge >= 0.3 is 5.97 Å². The number of tetrazole rings is 1. The number of aromatic nitrogens is 4. The van der Waals surface area contributed by atoms with Gasteiger partial charge in [0.2, 0.25) is 5.91 Å². The zero-order chi connectivity index (χ0) is 13.7. The van der Waals surface area contributed by atoms with Crippen molar-refractivity contribution < 1.29 is 14.7 Å². The SMILES string of the molecule is O=C(O)CC[C@@H]1CCCN(C(=O)Cn2cnnn2)C1. The normalized spacial score (nSPS) is 19.4. The van der Waals surface area contributed by atoms with Gasteiger partial charge in [-0.05, 0) is 35.6 Å². The van der Waals surface area contributed by atoms with E-state index in [1.54, 1.807) is 4.90 Å². The average Bonchev–Trinajstić information content (AvgIpc) is 2.89. The quantitative estimate of drug-likeness (QED) is 0.791. The standard InChI is InChI=1S/C11H17N5O3/c17-10(7-16-8-12-13-14-16)15-5-1-2-9(6-15)3-4-11(18)19/h8-9H,1-7H2,(H,18,19)/t9-/m0/s1. The first-order valence-electron chi connectivity index (χ1n) is 6.35. The van der Waals surface area contributed by atoms with Crippen molar-refractivity contribution in [1.82, 2.24) is 25.1 Å². The first kappa shape index (κ1) is 13.4. The second kappa shape index (κ2) is 6.26. The van der Waals surface area contributed by atoms with Gasteiger partial charge in [0, 0.05) is 19.5 Å². The van der Waals surface area contributed by atoms with Crippen molar-refractivity contribution in [2.75, 3.05) is 13.1 Å². The number of hydrogen-bond donors (Lipinski definition) is 1. The Labute approximate surface area is 110 Å². The molecule has 8 nitrogen and oxygen atoms in total. The lowest BCUT2D eigenvalue weighted by molar-refractivity contribution is -0.137. The lowest BCUT2D eigenvalue weighted by Crippen LogP contribution is -2.41. The third-order valence-corrected chi connectivity index (χ3v) is 3.33. The van der Waals surface area contributed by atoms with E-state index in [1.165, 1.54) is 11.0 Å². The smallest absolute Gasteiger partial charge is 0.303 e. The highest BCUT2D eigenvalue weighted by atomic mass is 16.4. The van der Waals surface area contributed by atoms with Gasteiger partial charge in [-0.3, -0.25) is 9.59 Å². The van der Waals surface area contributed by atoms with Crippen molar-refractivity contribution in [3.05, 3.63) is 6.33 Å². The second-order valence-corrected chi connectivity index (χ2v) is 4.79. The second-order valence-electron chi connectivity index (χ2n) is 4.79. The fourth-order valence-electron chi connectivity index (χ4n) is 2.35. The molecule has 1 aromatic heterocycles. The summed E-state index contributed by atoms with van der Waals surface area (Å²) in [4.78, 5) is 24.4. The summed E-state index contributed by atoms with van der Waals surface area (Å²) in [6.07, 6.45) is 4.11. The van der Waals surface area contributed by atoms with Crippen molar-refractivity contribution in [3.63, 3.8) is 0 Å². The van der Waals surface area contributed by atoms with E-state index in [0.717, 1.165) is 19.4 Å². The van der Waals surface area contributed by atoms with Crippen molar-refractivity contribution in [2.24, 2.45) is 5.92 Å². The molecule has 0 saturated carbocycles. The van der Waals surface area contributed by atoms with Crippen LogP contribution in [0.4, 0.5) is 0 Å². The summed E-state index contributed by atoms with van der Waals surface area (Å²) in [6.45, 7) is 1.50. The van der Waals surface area contributed by atoms with Crippen LogP contribution in [0.3, 0.4) is 0 Å². The van der Waals surface area contributed by atoms with Gasteiger partial charge in [-0.1, -0.05) is 0 Å². The Balaban J connectivity index is 1.82. The fraction of sp³-hybridized carbons (Fsp3) is 0.727. The molecule has 2 rings (SSSR count). The Bertz CT molecular complexity index is 434. The number of nitrogens with zero attached hydrogens (tertiary/aromatic N) is 5. The zero-order valence-electron chi connectivity index (χ0n) is 10.6. The molecule has 0 bridgehead atoms. The van der Waals surface area contributed by atoms with E-state index < -0.39 is 5.97 Å². The summed E-state index contributed by atoms with van der Waals surface area (Å²) in [5.41, 5.74) is 0. The maximum atomic E-state index is 12.0. The number of carbonyl (C=O) groups is 2. The summed E-state index contributed by atoms with van der Waals surface area (Å²) in [5, 5.41) is 19.3. The van der Waals surface area contributed by atoms with Crippen LogP contribution >= 0.6 is 0 Å². The highest BCUT2D eigenvalue weighted by Gasteiger charge is 2.24. The van der Waals surface area contributed by atoms with Gasteiger partial charge in [0.25, 0.3) is 0 Å². The number of likely N-dealkylation sites (tertiary alicyclic amines) is 1. The Morgan fingerprint density at radius 3 is 2.95 bits per heavy atom. The molecule has 0 radical (unpaired) electrons. The van der Waals surface area contributed by atoms with Gasteiger partial charge < -0.3 is 10.0 Å². The molecule has 1 aromatic rings. The molecule has 1 atom stereocenters. The largest absolute Gasteiger partial charge is 0.481 e. The number of aliphatic carboxylic acids is 1. The third kappa shape index (κ3) is 4.01. The molecule has 0 unspecified atom stereocenters. The highest BCUT2D eigenvalue weighted by Crippen LogP contribution is 2.21. The molecule has 1 aliphatic rings. The van der Waals surface area contributed by atoms with Crippen molar-refractivity contribution in [3.8, 4) is 0 Å². The number of carbonyl (C=O) groups excluding carboxylic acids is 1. The van der Waals surface area contributed by atoms with E-state index in [4.69, 9.17) is 5.11 Å². The van der Waals surface area contributed by atoms with Gasteiger partial charge in [0.1, 0.15) is 12.9 Å². The number of hydrogen-bond acceptors (Lipinski definition) is 5. The molecule has 0 aliphatic carbocycles. The summed E-state index contributed by atoms with van der Waals surface area (Å²) >= 11 is 0. The van der Waals surface area contributed by atoms with E-state index in [2.05, 4.69) is 15.5 Å². The van der Waals surface area contributed by atoms with Gasteiger partial charge in [-0.2, -0.15) is 0 Å². The molecule has 8 heteroatoms. The van der Waals surface area contributed by atoms with Crippen molar-refractivity contribution >= 4 is 11.9 Å². The van der Waals surface area contributed by atoms with Crippen LogP contribution in [0.1, 0.15) is 25.7 Å². The van der Waals surface area contributed by atoms with Gasteiger partial charge in [0.05, 0.1) is 0 Å².